The molecule has 0 radical (unpaired) electrons. The molecule has 1 fully saturated rings. The molecule has 0 saturated carbocycles. The molecule has 120 valence electrons. The summed E-state index contributed by atoms with van der Waals surface area (Å²) in [5.74, 6) is 0.858. The maximum atomic E-state index is 5.63. The van der Waals surface area contributed by atoms with Crippen LogP contribution in [0.2, 0.25) is 0 Å². The molecule has 7 nitrogen and oxygen atoms in total. The lowest BCUT2D eigenvalue weighted by Crippen LogP contribution is -2.49. The van der Waals surface area contributed by atoms with Crippen molar-refractivity contribution in [3.63, 3.8) is 0 Å². The molecule has 2 aliphatic heterocycles. The lowest BCUT2D eigenvalue weighted by atomic mass is 10.0. The second-order valence-electron chi connectivity index (χ2n) is 5.93. The molecule has 1 aromatic heterocycles. The molecular weight excluding hydrogens is 292 g/mol. The highest BCUT2D eigenvalue weighted by atomic mass is 16.6. The highest BCUT2D eigenvalue weighted by Crippen LogP contribution is 2.18. The molecule has 1 aromatic carbocycles. The molecular formula is C16H20N6O. The van der Waals surface area contributed by atoms with Gasteiger partial charge in [-0.1, -0.05) is 35.5 Å². The molecule has 2 aromatic rings. The van der Waals surface area contributed by atoms with Crippen LogP contribution >= 0.6 is 0 Å². The van der Waals surface area contributed by atoms with Crippen molar-refractivity contribution in [2.45, 2.75) is 12.5 Å². The molecule has 0 amide bonds. The summed E-state index contributed by atoms with van der Waals surface area (Å²) in [7, 11) is 0. The molecule has 23 heavy (non-hydrogen) atoms. The Labute approximate surface area is 134 Å². The van der Waals surface area contributed by atoms with Crippen LogP contribution in [-0.4, -0.2) is 64.6 Å². The molecule has 1 saturated heterocycles. The van der Waals surface area contributed by atoms with Gasteiger partial charge in [-0.15, -0.1) is 0 Å². The predicted octanol–water partition coefficient (Wildman–Crippen LogP) is 1.12. The molecule has 1 atom stereocenters. The minimum Gasteiger partial charge on any atom is -0.390 e. The summed E-state index contributed by atoms with van der Waals surface area (Å²) in [6, 6.07) is 10.3. The lowest BCUT2D eigenvalue weighted by molar-refractivity contribution is 0.0509. The molecule has 0 aliphatic carbocycles. The largest absolute Gasteiger partial charge is 0.390 e. The zero-order valence-electron chi connectivity index (χ0n) is 12.9. The summed E-state index contributed by atoms with van der Waals surface area (Å²) in [4.78, 5) is 14.5. The number of nitrogens with zero attached hydrogens (tertiary/aromatic N) is 5. The van der Waals surface area contributed by atoms with Crippen molar-refractivity contribution < 1.29 is 4.84 Å². The topological polar surface area (TPSA) is 69.6 Å². The number of hydrogen-bond donors (Lipinski definition) is 1. The second kappa shape index (κ2) is 6.37. The number of aromatic amines is 1. The van der Waals surface area contributed by atoms with E-state index >= 15 is 0 Å². The number of H-pyrrole nitrogens is 1. The minimum absolute atomic E-state index is 0.155. The fourth-order valence-corrected chi connectivity index (χ4v) is 3.11. The predicted molar refractivity (Wildman–Crippen MR) is 87.5 cm³/mol. The third-order valence-corrected chi connectivity index (χ3v) is 4.38. The minimum atomic E-state index is 0.155. The Morgan fingerprint density at radius 1 is 1.13 bits per heavy atom. The average Bonchev–Trinajstić information content (AvgIpc) is 3.28. The van der Waals surface area contributed by atoms with Gasteiger partial charge in [0, 0.05) is 39.1 Å². The monoisotopic (exact) mass is 312 g/mol. The van der Waals surface area contributed by atoms with Gasteiger partial charge >= 0.3 is 0 Å². The van der Waals surface area contributed by atoms with Gasteiger partial charge in [0.25, 0.3) is 0 Å². The Bertz CT molecular complexity index is 648. The van der Waals surface area contributed by atoms with Gasteiger partial charge < -0.3 is 9.74 Å². The van der Waals surface area contributed by atoms with Gasteiger partial charge in [-0.3, -0.25) is 4.90 Å². The molecule has 0 spiro atoms. The zero-order valence-corrected chi connectivity index (χ0v) is 12.9. The van der Waals surface area contributed by atoms with Crippen molar-refractivity contribution in [3.05, 3.63) is 42.2 Å². The Kier molecular flexibility index (Phi) is 3.94. The lowest BCUT2D eigenvalue weighted by Gasteiger charge is -2.34. The molecule has 7 heteroatoms. The van der Waals surface area contributed by atoms with Gasteiger partial charge in [-0.25, -0.2) is 5.10 Å². The molecule has 0 unspecified atom stereocenters. The summed E-state index contributed by atoms with van der Waals surface area (Å²) in [5.41, 5.74) is 2.21. The fourth-order valence-electron chi connectivity index (χ4n) is 3.11. The van der Waals surface area contributed by atoms with E-state index in [1.54, 1.807) is 6.33 Å². The van der Waals surface area contributed by atoms with E-state index in [-0.39, 0.29) is 6.10 Å². The summed E-state index contributed by atoms with van der Waals surface area (Å²) in [5, 5.41) is 11.1. The van der Waals surface area contributed by atoms with Crippen LogP contribution in [0.1, 0.15) is 12.0 Å². The van der Waals surface area contributed by atoms with Gasteiger partial charge in [0.15, 0.2) is 0 Å². The number of anilines is 1. The Morgan fingerprint density at radius 3 is 2.70 bits per heavy atom. The van der Waals surface area contributed by atoms with E-state index in [2.05, 4.69) is 42.3 Å². The van der Waals surface area contributed by atoms with Crippen molar-refractivity contribution in [2.75, 3.05) is 37.6 Å². The third kappa shape index (κ3) is 3.19. The normalized spacial score (nSPS) is 22.0. The van der Waals surface area contributed by atoms with Crippen LogP contribution in [-0.2, 0) is 4.84 Å². The van der Waals surface area contributed by atoms with Crippen molar-refractivity contribution in [3.8, 4) is 0 Å². The van der Waals surface area contributed by atoms with Crippen molar-refractivity contribution in [2.24, 2.45) is 5.16 Å². The number of hydrogen-bond acceptors (Lipinski definition) is 6. The smallest absolute Gasteiger partial charge is 0.221 e. The zero-order chi connectivity index (χ0) is 15.5. The van der Waals surface area contributed by atoms with E-state index in [1.165, 1.54) is 0 Å². The van der Waals surface area contributed by atoms with E-state index in [0.717, 1.165) is 56.4 Å². The highest BCUT2D eigenvalue weighted by Gasteiger charge is 2.26. The first-order chi connectivity index (χ1) is 11.4. The van der Waals surface area contributed by atoms with E-state index < -0.39 is 0 Å². The van der Waals surface area contributed by atoms with Crippen LogP contribution in [0.3, 0.4) is 0 Å². The highest BCUT2D eigenvalue weighted by molar-refractivity contribution is 6.01. The van der Waals surface area contributed by atoms with Crippen molar-refractivity contribution in [1.29, 1.82) is 0 Å². The number of nitrogens with one attached hydrogen (secondary N) is 1. The number of piperazine rings is 1. The van der Waals surface area contributed by atoms with Crippen LogP contribution in [0, 0.1) is 0 Å². The number of aromatic nitrogens is 3. The Hall–Kier alpha value is -2.41. The van der Waals surface area contributed by atoms with Gasteiger partial charge in [0.05, 0.1) is 5.71 Å². The average molecular weight is 312 g/mol. The van der Waals surface area contributed by atoms with Gasteiger partial charge in [0.2, 0.25) is 5.95 Å². The van der Waals surface area contributed by atoms with E-state index in [1.807, 2.05) is 18.2 Å². The molecule has 2 aliphatic rings. The maximum Gasteiger partial charge on any atom is 0.221 e. The molecule has 0 bridgehead atoms. The standard InChI is InChI=1S/C16H20N6O/c1-2-4-13(5-3-1)15-10-14(23-20-15)11-21-6-8-22(9-7-21)16-17-12-18-19-16/h1-5,12,14H,6-11H2,(H,17,18,19)/t14-/m1/s1. The van der Waals surface area contributed by atoms with Crippen LogP contribution in [0.15, 0.2) is 41.8 Å². The van der Waals surface area contributed by atoms with E-state index in [0.29, 0.717) is 0 Å². The first kappa shape index (κ1) is 14.2. The van der Waals surface area contributed by atoms with E-state index in [9.17, 15) is 0 Å². The van der Waals surface area contributed by atoms with Gasteiger partial charge in [-0.2, -0.15) is 10.1 Å². The fraction of sp³-hybridized carbons (Fsp3) is 0.438. The third-order valence-electron chi connectivity index (χ3n) is 4.38. The summed E-state index contributed by atoms with van der Waals surface area (Å²) < 4.78 is 0. The van der Waals surface area contributed by atoms with Gasteiger partial charge in [0.1, 0.15) is 12.4 Å². The SMILES string of the molecule is c1ccc(C2=NO[C@@H](CN3CCN(c4ncn[nH]4)CC3)C2)cc1. The summed E-state index contributed by atoms with van der Waals surface area (Å²) in [6.45, 7) is 4.83. The second-order valence-corrected chi connectivity index (χ2v) is 5.93. The first-order valence-electron chi connectivity index (χ1n) is 7.99. The van der Waals surface area contributed by atoms with Crippen LogP contribution in [0.4, 0.5) is 5.95 Å². The number of benzene rings is 1. The van der Waals surface area contributed by atoms with Gasteiger partial charge in [-0.05, 0) is 5.56 Å². The van der Waals surface area contributed by atoms with Crippen molar-refractivity contribution in [1.82, 2.24) is 20.1 Å². The Morgan fingerprint density at radius 2 is 1.96 bits per heavy atom. The number of oxime groups is 1. The first-order valence-corrected chi connectivity index (χ1v) is 7.99. The quantitative estimate of drug-likeness (QED) is 0.916. The Balaban J connectivity index is 1.27. The van der Waals surface area contributed by atoms with Crippen LogP contribution < -0.4 is 4.90 Å². The molecule has 3 heterocycles. The van der Waals surface area contributed by atoms with Crippen molar-refractivity contribution >= 4 is 11.7 Å². The molecule has 4 rings (SSSR count). The van der Waals surface area contributed by atoms with Crippen LogP contribution in [0.5, 0.6) is 0 Å². The molecule has 1 N–H and O–H groups in total. The summed E-state index contributed by atoms with van der Waals surface area (Å²) >= 11 is 0. The maximum absolute atomic E-state index is 5.63. The number of rotatable bonds is 4. The summed E-state index contributed by atoms with van der Waals surface area (Å²) in [6.07, 6.45) is 2.59. The van der Waals surface area contributed by atoms with E-state index in [4.69, 9.17) is 4.84 Å². The van der Waals surface area contributed by atoms with Crippen LogP contribution in [0.25, 0.3) is 0 Å².